The van der Waals surface area contributed by atoms with E-state index in [4.69, 9.17) is 9.51 Å². The molecule has 4 aromatic rings. The fourth-order valence-corrected chi connectivity index (χ4v) is 4.87. The topological polar surface area (TPSA) is 109 Å². The minimum Gasteiger partial charge on any atom is -0.338 e. The first-order valence-corrected chi connectivity index (χ1v) is 12.1. The van der Waals surface area contributed by atoms with Crippen LogP contribution in [-0.2, 0) is 13.6 Å². The van der Waals surface area contributed by atoms with E-state index in [-0.39, 0.29) is 16.9 Å². The molecule has 0 aliphatic rings. The van der Waals surface area contributed by atoms with Gasteiger partial charge in [0.1, 0.15) is 16.2 Å². The molecule has 1 unspecified atom stereocenters. The van der Waals surface area contributed by atoms with Gasteiger partial charge in [0.05, 0.1) is 10.1 Å². The molecule has 0 N–H and O–H groups in total. The maximum atomic E-state index is 13.1. The van der Waals surface area contributed by atoms with E-state index < -0.39 is 5.56 Å². The normalized spacial score (nSPS) is 12.7. The Morgan fingerprint density at radius 3 is 2.62 bits per heavy atom. The number of nitrogens with zero attached hydrogens (tertiary/aromatic N) is 6. The summed E-state index contributed by atoms with van der Waals surface area (Å²) in [6.07, 6.45) is 0.737. The highest BCUT2D eigenvalue weighted by Crippen LogP contribution is 2.36. The second-order valence-electron chi connectivity index (χ2n) is 7.73. The smallest absolute Gasteiger partial charge is 0.332 e. The summed E-state index contributed by atoms with van der Waals surface area (Å²) in [4.78, 5) is 40.6. The Hall–Kier alpha value is -2.79. The number of aromatic nitrogens is 6. The summed E-state index contributed by atoms with van der Waals surface area (Å²) in [6, 6.07) is 3.86. The number of aryl methyl sites for hydroxylation is 1. The number of thioether (sulfide) groups is 1. The van der Waals surface area contributed by atoms with Crippen LogP contribution in [0.5, 0.6) is 0 Å². The van der Waals surface area contributed by atoms with Crippen molar-refractivity contribution in [2.75, 3.05) is 0 Å². The molecule has 4 heterocycles. The molecule has 0 aliphatic carbocycles. The van der Waals surface area contributed by atoms with Crippen LogP contribution in [-0.4, -0.2) is 29.2 Å². The maximum absolute atomic E-state index is 13.1. The quantitative estimate of drug-likeness (QED) is 0.293. The highest BCUT2D eigenvalue weighted by molar-refractivity contribution is 7.99. The van der Waals surface area contributed by atoms with Gasteiger partial charge in [-0.3, -0.25) is 13.9 Å². The molecule has 11 heteroatoms. The molecule has 9 nitrogen and oxygen atoms in total. The molecule has 4 aromatic heterocycles. The number of hydrogen-bond acceptors (Lipinski definition) is 9. The predicted octanol–water partition coefficient (Wildman–Crippen LogP) is 3.99. The Morgan fingerprint density at radius 2 is 1.97 bits per heavy atom. The van der Waals surface area contributed by atoms with Crippen molar-refractivity contribution in [2.24, 2.45) is 7.05 Å². The van der Waals surface area contributed by atoms with E-state index in [0.29, 0.717) is 40.1 Å². The lowest BCUT2D eigenvalue weighted by atomic mass is 10.2. The Balaban J connectivity index is 1.84. The molecular weight excluding hydrogens is 448 g/mol. The lowest BCUT2D eigenvalue weighted by Crippen LogP contribution is -2.39. The van der Waals surface area contributed by atoms with Crippen molar-refractivity contribution in [3.63, 3.8) is 0 Å². The molecule has 4 rings (SSSR count). The molecule has 0 aliphatic heterocycles. The number of fused-ring (bicyclic) bond motifs is 1. The van der Waals surface area contributed by atoms with Crippen LogP contribution in [0.2, 0.25) is 0 Å². The second kappa shape index (κ2) is 8.99. The maximum Gasteiger partial charge on any atom is 0.332 e. The van der Waals surface area contributed by atoms with E-state index in [0.717, 1.165) is 15.9 Å². The van der Waals surface area contributed by atoms with Crippen LogP contribution in [0.3, 0.4) is 0 Å². The molecule has 0 spiro atoms. The van der Waals surface area contributed by atoms with Crippen LogP contribution in [0, 0.1) is 0 Å². The average molecular weight is 473 g/mol. The van der Waals surface area contributed by atoms with Crippen LogP contribution in [0.1, 0.15) is 57.0 Å². The van der Waals surface area contributed by atoms with Gasteiger partial charge in [0.2, 0.25) is 11.7 Å². The van der Waals surface area contributed by atoms with Crippen molar-refractivity contribution in [1.82, 2.24) is 29.2 Å². The van der Waals surface area contributed by atoms with Crippen LogP contribution in [0.4, 0.5) is 0 Å². The summed E-state index contributed by atoms with van der Waals surface area (Å²) < 4.78 is 8.16. The van der Waals surface area contributed by atoms with E-state index in [2.05, 4.69) is 15.1 Å². The van der Waals surface area contributed by atoms with Gasteiger partial charge in [0.25, 0.3) is 5.56 Å². The van der Waals surface area contributed by atoms with Crippen LogP contribution in [0.15, 0.2) is 36.7 Å². The van der Waals surface area contributed by atoms with E-state index in [1.165, 1.54) is 30.1 Å². The third-order valence-electron chi connectivity index (χ3n) is 4.95. The second-order valence-corrected chi connectivity index (χ2v) is 10.0. The van der Waals surface area contributed by atoms with Gasteiger partial charge in [0, 0.05) is 19.5 Å². The van der Waals surface area contributed by atoms with Crippen molar-refractivity contribution in [1.29, 1.82) is 0 Å². The zero-order valence-corrected chi connectivity index (χ0v) is 20.2. The van der Waals surface area contributed by atoms with Crippen LogP contribution in [0.25, 0.3) is 21.7 Å². The van der Waals surface area contributed by atoms with Crippen molar-refractivity contribution < 1.29 is 4.52 Å². The minimum absolute atomic E-state index is 0.0251. The molecule has 0 fully saturated rings. The molecule has 32 heavy (non-hydrogen) atoms. The average Bonchev–Trinajstić information content (AvgIpc) is 3.46. The Morgan fingerprint density at radius 1 is 1.19 bits per heavy atom. The fraction of sp³-hybridized carbons (Fsp3) is 0.429. The Kier molecular flexibility index (Phi) is 6.29. The number of thiophene rings is 1. The van der Waals surface area contributed by atoms with Crippen molar-refractivity contribution in [3.05, 3.63) is 50.1 Å². The molecule has 0 aromatic carbocycles. The highest BCUT2D eigenvalue weighted by Gasteiger charge is 2.24. The van der Waals surface area contributed by atoms with Crippen molar-refractivity contribution >= 4 is 34.1 Å². The minimum atomic E-state index is -0.410. The molecule has 0 saturated heterocycles. The van der Waals surface area contributed by atoms with Gasteiger partial charge < -0.3 is 4.52 Å². The summed E-state index contributed by atoms with van der Waals surface area (Å²) in [5, 5.41) is 6.61. The molecule has 0 amide bonds. The molecule has 1 atom stereocenters. The van der Waals surface area contributed by atoms with Gasteiger partial charge in [-0.05, 0) is 24.8 Å². The molecule has 0 radical (unpaired) electrons. The largest absolute Gasteiger partial charge is 0.338 e. The van der Waals surface area contributed by atoms with Crippen LogP contribution >= 0.6 is 23.1 Å². The summed E-state index contributed by atoms with van der Waals surface area (Å²) in [6.45, 7) is 8.32. The van der Waals surface area contributed by atoms with Gasteiger partial charge in [-0.2, -0.15) is 4.98 Å². The SMILES string of the molecule is CCCn1c(=O)n(C)c(=O)c2c(SC(C)c3nc(-c4cccs4)no3)nc(C(C)C)nc21. The first-order chi connectivity index (χ1) is 15.3. The third-order valence-corrected chi connectivity index (χ3v) is 6.89. The first-order valence-electron chi connectivity index (χ1n) is 10.4. The van der Waals surface area contributed by atoms with E-state index in [9.17, 15) is 9.59 Å². The van der Waals surface area contributed by atoms with E-state index in [1.54, 1.807) is 4.57 Å². The standard InChI is InChI=1S/C21H24N6O3S2/c1-6-9-27-17-14(20(28)26(5)21(27)29)19(24-15(22-17)11(2)3)32-12(4)18-23-16(25-30-18)13-8-7-10-31-13/h7-8,10-12H,6,9H2,1-5H3. The van der Waals surface area contributed by atoms with Crippen molar-refractivity contribution in [3.8, 4) is 10.7 Å². The van der Waals surface area contributed by atoms with Gasteiger partial charge in [0.15, 0.2) is 5.65 Å². The summed E-state index contributed by atoms with van der Waals surface area (Å²) in [5.74, 6) is 1.58. The predicted molar refractivity (Wildman–Crippen MR) is 125 cm³/mol. The highest BCUT2D eigenvalue weighted by atomic mass is 32.2. The fourth-order valence-electron chi connectivity index (χ4n) is 3.25. The summed E-state index contributed by atoms with van der Waals surface area (Å²) >= 11 is 2.89. The molecule has 0 bridgehead atoms. The van der Waals surface area contributed by atoms with Crippen molar-refractivity contribution in [2.45, 2.75) is 56.9 Å². The summed E-state index contributed by atoms with van der Waals surface area (Å²) in [5.41, 5.74) is -0.412. The lowest BCUT2D eigenvalue weighted by molar-refractivity contribution is 0.381. The third kappa shape index (κ3) is 4.02. The molecule has 0 saturated carbocycles. The van der Waals surface area contributed by atoms with E-state index >= 15 is 0 Å². The van der Waals surface area contributed by atoms with Crippen LogP contribution < -0.4 is 11.2 Å². The first kappa shape index (κ1) is 22.4. The number of rotatable bonds is 7. The Bertz CT molecular complexity index is 1370. The zero-order valence-electron chi connectivity index (χ0n) is 18.5. The van der Waals surface area contributed by atoms with Gasteiger partial charge in [-0.25, -0.2) is 14.8 Å². The Labute approximate surface area is 192 Å². The van der Waals surface area contributed by atoms with E-state index in [1.807, 2.05) is 45.2 Å². The molecular formula is C21H24N6O3S2. The zero-order chi connectivity index (χ0) is 23.0. The lowest BCUT2D eigenvalue weighted by Gasteiger charge is -2.16. The van der Waals surface area contributed by atoms with Gasteiger partial charge >= 0.3 is 5.69 Å². The van der Waals surface area contributed by atoms with Gasteiger partial charge in [-0.1, -0.05) is 43.8 Å². The monoisotopic (exact) mass is 472 g/mol. The van der Waals surface area contributed by atoms with Gasteiger partial charge in [-0.15, -0.1) is 11.3 Å². The summed E-state index contributed by atoms with van der Waals surface area (Å²) in [7, 11) is 1.48. The molecule has 168 valence electrons. The number of hydrogen-bond donors (Lipinski definition) is 0.